The molecule has 0 aromatic heterocycles. The second kappa shape index (κ2) is 6.96. The molecule has 1 heterocycles. The minimum absolute atomic E-state index is 0.708. The molecule has 0 atom stereocenters. The summed E-state index contributed by atoms with van der Waals surface area (Å²) in [7, 11) is 0. The van der Waals surface area contributed by atoms with Crippen LogP contribution in [0.1, 0.15) is 33.1 Å². The Morgan fingerprint density at radius 3 is 2.15 bits per heavy atom. The van der Waals surface area contributed by atoms with Gasteiger partial charge in [0.2, 0.25) is 0 Å². The molecule has 1 fully saturated rings. The molecule has 0 N–H and O–H groups in total. The molecule has 0 saturated carbocycles. The van der Waals surface area contributed by atoms with Gasteiger partial charge in [0, 0.05) is 0 Å². The first-order valence-corrected chi connectivity index (χ1v) is 11.2. The molecule has 1 aliphatic heterocycles. The predicted molar refractivity (Wildman–Crippen MR) is 61.8 cm³/mol. The zero-order chi connectivity index (χ0) is 9.52. The molecular formula is C11H24GaN. The average molecular weight is 240 g/mol. The van der Waals surface area contributed by atoms with Gasteiger partial charge in [0.1, 0.15) is 0 Å². The van der Waals surface area contributed by atoms with E-state index in [0.29, 0.717) is 0 Å². The number of rotatable bonds is 5. The van der Waals surface area contributed by atoms with Crippen LogP contribution in [-0.4, -0.2) is 40.8 Å². The monoisotopic (exact) mass is 239 g/mol. The Hall–Kier alpha value is 0.596. The van der Waals surface area contributed by atoms with E-state index in [9.17, 15) is 0 Å². The molecule has 0 unspecified atom stereocenters. The second-order valence-corrected chi connectivity index (χ2v) is 11.6. The van der Waals surface area contributed by atoms with E-state index in [2.05, 4.69) is 18.7 Å². The Balaban J connectivity index is 2.09. The fourth-order valence-corrected chi connectivity index (χ4v) is 9.36. The van der Waals surface area contributed by atoms with Gasteiger partial charge in [-0.1, -0.05) is 0 Å². The zero-order valence-corrected chi connectivity index (χ0v) is 11.8. The summed E-state index contributed by atoms with van der Waals surface area (Å²) in [6.07, 6.45) is 4.68. The molecule has 76 valence electrons. The summed E-state index contributed by atoms with van der Waals surface area (Å²) in [5, 5.41) is 0. The van der Waals surface area contributed by atoms with E-state index in [1.807, 2.05) is 0 Å². The van der Waals surface area contributed by atoms with Gasteiger partial charge in [-0.25, -0.2) is 0 Å². The van der Waals surface area contributed by atoms with Crippen molar-refractivity contribution >= 4 is 16.2 Å². The molecular weight excluding hydrogens is 216 g/mol. The fourth-order valence-electron chi connectivity index (χ4n) is 2.38. The molecule has 0 amide bonds. The third kappa shape index (κ3) is 4.57. The number of hydrogen-bond donors (Lipinski definition) is 0. The summed E-state index contributed by atoms with van der Waals surface area (Å²) >= 11 is -0.708. The van der Waals surface area contributed by atoms with Crippen molar-refractivity contribution in [1.29, 1.82) is 0 Å². The molecule has 0 aliphatic carbocycles. The van der Waals surface area contributed by atoms with Crippen LogP contribution in [0.25, 0.3) is 0 Å². The van der Waals surface area contributed by atoms with Crippen molar-refractivity contribution in [2.24, 2.45) is 0 Å². The maximum atomic E-state index is 2.60. The number of hydrogen-bond acceptors (Lipinski definition) is 1. The molecule has 1 saturated heterocycles. The van der Waals surface area contributed by atoms with Gasteiger partial charge in [-0.3, -0.25) is 0 Å². The van der Waals surface area contributed by atoms with E-state index >= 15 is 0 Å². The van der Waals surface area contributed by atoms with Crippen LogP contribution in [0, 0.1) is 0 Å². The molecule has 1 aliphatic rings. The third-order valence-electron chi connectivity index (χ3n) is 3.47. The van der Waals surface area contributed by atoms with Crippen molar-refractivity contribution < 1.29 is 0 Å². The molecule has 2 heteroatoms. The van der Waals surface area contributed by atoms with Gasteiger partial charge >= 0.3 is 88.8 Å². The van der Waals surface area contributed by atoms with E-state index in [1.165, 1.54) is 26.1 Å². The summed E-state index contributed by atoms with van der Waals surface area (Å²) in [6.45, 7) is 8.50. The first kappa shape index (κ1) is 11.7. The van der Waals surface area contributed by atoms with Gasteiger partial charge in [-0.2, -0.15) is 0 Å². The Morgan fingerprint density at radius 1 is 1.00 bits per heavy atom. The molecule has 1 rings (SSSR count). The normalized spacial score (nSPS) is 18.2. The maximum absolute atomic E-state index is 2.60. The van der Waals surface area contributed by atoms with Crippen molar-refractivity contribution in [3.8, 4) is 0 Å². The van der Waals surface area contributed by atoms with Crippen LogP contribution in [0.3, 0.4) is 0 Å². The zero-order valence-electron chi connectivity index (χ0n) is 9.39. The fraction of sp³-hybridized carbons (Fsp3) is 1.00. The SMILES string of the molecule is CCN(CC)C[CH2][Ga]1[CH2]CCC[CH2]1. The van der Waals surface area contributed by atoms with E-state index in [-0.39, 0.29) is 0 Å². The van der Waals surface area contributed by atoms with E-state index in [4.69, 9.17) is 0 Å². The van der Waals surface area contributed by atoms with Crippen molar-refractivity contribution in [3.63, 3.8) is 0 Å². The van der Waals surface area contributed by atoms with E-state index < -0.39 is 16.2 Å². The van der Waals surface area contributed by atoms with Gasteiger partial charge in [0.25, 0.3) is 0 Å². The Bertz CT molecular complexity index is 117. The van der Waals surface area contributed by atoms with Crippen molar-refractivity contribution in [3.05, 3.63) is 0 Å². The molecule has 0 radical (unpaired) electrons. The van der Waals surface area contributed by atoms with Gasteiger partial charge in [-0.05, 0) is 0 Å². The molecule has 13 heavy (non-hydrogen) atoms. The topological polar surface area (TPSA) is 3.24 Å². The quantitative estimate of drug-likeness (QED) is 0.667. The summed E-state index contributed by atoms with van der Waals surface area (Å²) < 4.78 is 0. The average Bonchev–Trinajstić information content (AvgIpc) is 2.21. The van der Waals surface area contributed by atoms with Crippen LogP contribution < -0.4 is 0 Å². The van der Waals surface area contributed by atoms with Crippen LogP contribution in [0.4, 0.5) is 0 Å². The molecule has 0 spiro atoms. The van der Waals surface area contributed by atoms with Crippen LogP contribution in [0.15, 0.2) is 0 Å². The standard InChI is InChI=1S/C6H14N.C5H10.Ga/c1-4-7(5-2)6-3;1-3-5-4-2;/h1,4-6H2,2-3H3;1-5H2;. The van der Waals surface area contributed by atoms with Crippen LogP contribution >= 0.6 is 0 Å². The van der Waals surface area contributed by atoms with Gasteiger partial charge in [0.05, 0.1) is 0 Å². The van der Waals surface area contributed by atoms with Gasteiger partial charge in [-0.15, -0.1) is 0 Å². The predicted octanol–water partition coefficient (Wildman–Crippen LogP) is 3.01. The van der Waals surface area contributed by atoms with Gasteiger partial charge in [0.15, 0.2) is 0 Å². The summed E-state index contributed by atoms with van der Waals surface area (Å²) in [4.78, 5) is 7.61. The van der Waals surface area contributed by atoms with Crippen LogP contribution in [0.5, 0.6) is 0 Å². The Morgan fingerprint density at radius 2 is 1.62 bits per heavy atom. The Kier molecular flexibility index (Phi) is 6.25. The van der Waals surface area contributed by atoms with Crippen LogP contribution in [-0.2, 0) is 0 Å². The molecule has 1 nitrogen and oxygen atoms in total. The third-order valence-corrected chi connectivity index (χ3v) is 10.9. The summed E-state index contributed by atoms with van der Waals surface area (Å²) in [5.41, 5.74) is 0. The van der Waals surface area contributed by atoms with Gasteiger partial charge < -0.3 is 0 Å². The van der Waals surface area contributed by atoms with Crippen molar-refractivity contribution in [2.45, 2.75) is 48.0 Å². The second-order valence-electron chi connectivity index (χ2n) is 4.32. The van der Waals surface area contributed by atoms with Crippen LogP contribution in [0.2, 0.25) is 14.9 Å². The Labute approximate surface area is 88.9 Å². The van der Waals surface area contributed by atoms with Crippen molar-refractivity contribution in [2.75, 3.05) is 19.6 Å². The first-order valence-electron chi connectivity index (χ1n) is 6.09. The molecule has 0 aromatic rings. The van der Waals surface area contributed by atoms with E-state index in [0.717, 1.165) is 0 Å². The molecule has 0 aromatic carbocycles. The van der Waals surface area contributed by atoms with Crippen molar-refractivity contribution in [1.82, 2.24) is 4.90 Å². The van der Waals surface area contributed by atoms with E-state index in [1.54, 1.807) is 27.8 Å². The molecule has 0 bridgehead atoms. The summed E-state index contributed by atoms with van der Waals surface area (Å²) in [6, 6.07) is 0. The first-order chi connectivity index (χ1) is 6.36. The number of nitrogens with zero attached hydrogens (tertiary/aromatic N) is 1. The minimum atomic E-state index is -0.708. The summed E-state index contributed by atoms with van der Waals surface area (Å²) in [5.74, 6) is 0.